The number of benzene rings is 1. The number of pyridine rings is 1. The molecule has 2 aromatic rings. The van der Waals surface area contributed by atoms with Gasteiger partial charge in [-0.2, -0.15) is 0 Å². The van der Waals surface area contributed by atoms with E-state index in [1.807, 2.05) is 13.0 Å². The molecule has 0 bridgehead atoms. The molecule has 0 unspecified atom stereocenters. The number of hydrogen-bond donors (Lipinski definition) is 2. The van der Waals surface area contributed by atoms with Gasteiger partial charge in [0.25, 0.3) is 5.91 Å². The quantitative estimate of drug-likeness (QED) is 0.832. The molecule has 0 spiro atoms. The van der Waals surface area contributed by atoms with Crippen LogP contribution in [0, 0.1) is 6.92 Å². The minimum atomic E-state index is -0.170. The second-order valence-electron chi connectivity index (χ2n) is 4.56. The number of nitrogen functional groups attached to an aromatic ring is 1. The Morgan fingerprint density at radius 3 is 2.90 bits per heavy atom. The molecule has 0 aliphatic heterocycles. The predicted molar refractivity (Wildman–Crippen MR) is 85.3 cm³/mol. The molecular formula is C15H16BrN3O2. The second kappa shape index (κ2) is 6.58. The summed E-state index contributed by atoms with van der Waals surface area (Å²) < 4.78 is 5.83. The van der Waals surface area contributed by atoms with Crippen LogP contribution < -0.4 is 15.8 Å². The van der Waals surface area contributed by atoms with Gasteiger partial charge in [-0.1, -0.05) is 15.9 Å². The normalized spacial score (nSPS) is 10.2. The number of ether oxygens (including phenoxy) is 1. The summed E-state index contributed by atoms with van der Waals surface area (Å²) in [6, 6.07) is 7.14. The highest BCUT2D eigenvalue weighted by atomic mass is 79.9. The van der Waals surface area contributed by atoms with Crippen molar-refractivity contribution in [3.63, 3.8) is 0 Å². The summed E-state index contributed by atoms with van der Waals surface area (Å²) in [6.45, 7) is 2.22. The number of rotatable bonds is 4. The average molecular weight is 350 g/mol. The van der Waals surface area contributed by atoms with E-state index in [1.165, 1.54) is 0 Å². The fraction of sp³-hybridized carbons (Fsp3) is 0.200. The van der Waals surface area contributed by atoms with E-state index >= 15 is 0 Å². The van der Waals surface area contributed by atoms with E-state index in [0.29, 0.717) is 23.7 Å². The summed E-state index contributed by atoms with van der Waals surface area (Å²) in [5.74, 6) is 0.348. The molecule has 1 aromatic heterocycles. The molecule has 6 heteroatoms. The van der Waals surface area contributed by atoms with Crippen molar-refractivity contribution in [3.8, 4) is 5.88 Å². The maximum Gasteiger partial charge on any atom is 0.251 e. The highest BCUT2D eigenvalue weighted by Gasteiger charge is 2.12. The number of carbonyl (C=O) groups is 1. The lowest BCUT2D eigenvalue weighted by Crippen LogP contribution is -2.24. The van der Waals surface area contributed by atoms with Crippen LogP contribution in [0.15, 0.2) is 34.9 Å². The first-order chi connectivity index (χ1) is 10.0. The number of halogens is 1. The van der Waals surface area contributed by atoms with Crippen molar-refractivity contribution >= 4 is 27.5 Å². The largest absolute Gasteiger partial charge is 0.481 e. The van der Waals surface area contributed by atoms with Gasteiger partial charge in [0.1, 0.15) is 0 Å². The van der Waals surface area contributed by atoms with Gasteiger partial charge in [0.15, 0.2) is 0 Å². The van der Waals surface area contributed by atoms with Crippen molar-refractivity contribution in [1.82, 2.24) is 10.3 Å². The summed E-state index contributed by atoms with van der Waals surface area (Å²) in [7, 11) is 1.55. The zero-order valence-corrected chi connectivity index (χ0v) is 13.4. The standard InChI is InChI=1S/C15H16BrN3O2/c1-9-12(6-11(16)7-13(9)17)15(20)19-8-10-3-4-18-14(5-10)21-2/h3-7H,8,17H2,1-2H3,(H,19,20). The Labute approximate surface area is 131 Å². The fourth-order valence-corrected chi connectivity index (χ4v) is 2.36. The molecule has 0 saturated carbocycles. The molecule has 21 heavy (non-hydrogen) atoms. The van der Waals surface area contributed by atoms with Crippen molar-refractivity contribution in [3.05, 3.63) is 51.6 Å². The molecule has 0 aliphatic carbocycles. The molecule has 1 amide bonds. The number of carbonyl (C=O) groups excluding carboxylic acids is 1. The van der Waals surface area contributed by atoms with Crippen LogP contribution in [0.2, 0.25) is 0 Å². The van der Waals surface area contributed by atoms with Gasteiger partial charge in [0.05, 0.1) is 7.11 Å². The van der Waals surface area contributed by atoms with Crippen LogP contribution >= 0.6 is 15.9 Å². The van der Waals surface area contributed by atoms with Crippen LogP contribution in [0.3, 0.4) is 0 Å². The summed E-state index contributed by atoms with van der Waals surface area (Å²) in [5, 5.41) is 2.86. The predicted octanol–water partition coefficient (Wildman–Crippen LogP) is 2.67. The summed E-state index contributed by atoms with van der Waals surface area (Å²) in [6.07, 6.45) is 1.64. The smallest absolute Gasteiger partial charge is 0.251 e. The molecule has 5 nitrogen and oxygen atoms in total. The highest BCUT2D eigenvalue weighted by Crippen LogP contribution is 2.22. The zero-order valence-electron chi connectivity index (χ0n) is 11.8. The summed E-state index contributed by atoms with van der Waals surface area (Å²) in [4.78, 5) is 16.3. The van der Waals surface area contributed by atoms with E-state index in [4.69, 9.17) is 10.5 Å². The van der Waals surface area contributed by atoms with Crippen molar-refractivity contribution in [1.29, 1.82) is 0 Å². The Balaban J connectivity index is 2.11. The molecule has 0 saturated heterocycles. The molecule has 0 aliphatic rings. The Bertz CT molecular complexity index is 674. The topological polar surface area (TPSA) is 77.2 Å². The van der Waals surface area contributed by atoms with Gasteiger partial charge < -0.3 is 15.8 Å². The maximum atomic E-state index is 12.3. The van der Waals surface area contributed by atoms with E-state index in [-0.39, 0.29) is 5.91 Å². The number of nitrogens with two attached hydrogens (primary N) is 1. The number of amides is 1. The number of anilines is 1. The Kier molecular flexibility index (Phi) is 4.80. The van der Waals surface area contributed by atoms with Crippen LogP contribution in [0.4, 0.5) is 5.69 Å². The van der Waals surface area contributed by atoms with Crippen molar-refractivity contribution in [2.75, 3.05) is 12.8 Å². The Morgan fingerprint density at radius 2 is 2.19 bits per heavy atom. The first kappa shape index (κ1) is 15.3. The van der Waals surface area contributed by atoms with Crippen LogP contribution in [-0.4, -0.2) is 18.0 Å². The van der Waals surface area contributed by atoms with Gasteiger partial charge in [-0.05, 0) is 36.2 Å². The summed E-state index contributed by atoms with van der Waals surface area (Å²) >= 11 is 3.35. The lowest BCUT2D eigenvalue weighted by Gasteiger charge is -2.11. The molecule has 1 aromatic carbocycles. The molecule has 0 atom stereocenters. The Hall–Kier alpha value is -2.08. The molecule has 0 fully saturated rings. The third-order valence-corrected chi connectivity index (χ3v) is 3.58. The van der Waals surface area contributed by atoms with Crippen molar-refractivity contribution in [2.24, 2.45) is 0 Å². The van der Waals surface area contributed by atoms with Crippen LogP contribution in [0.25, 0.3) is 0 Å². The minimum Gasteiger partial charge on any atom is -0.481 e. The maximum absolute atomic E-state index is 12.3. The van der Waals surface area contributed by atoms with E-state index in [1.54, 1.807) is 31.5 Å². The number of hydrogen-bond acceptors (Lipinski definition) is 4. The minimum absolute atomic E-state index is 0.170. The zero-order chi connectivity index (χ0) is 15.4. The lowest BCUT2D eigenvalue weighted by molar-refractivity contribution is 0.0950. The van der Waals surface area contributed by atoms with Gasteiger partial charge in [0.2, 0.25) is 5.88 Å². The van der Waals surface area contributed by atoms with Gasteiger partial charge in [-0.15, -0.1) is 0 Å². The van der Waals surface area contributed by atoms with E-state index in [9.17, 15) is 4.79 Å². The number of nitrogens with zero attached hydrogens (tertiary/aromatic N) is 1. The van der Waals surface area contributed by atoms with Crippen LogP contribution in [0.1, 0.15) is 21.5 Å². The summed E-state index contributed by atoms with van der Waals surface area (Å²) in [5.41, 5.74) is 8.69. The molecule has 1 heterocycles. The van der Waals surface area contributed by atoms with Crippen LogP contribution in [-0.2, 0) is 6.54 Å². The molecule has 3 N–H and O–H groups in total. The van der Waals surface area contributed by atoms with Gasteiger partial charge in [-0.3, -0.25) is 4.79 Å². The third-order valence-electron chi connectivity index (χ3n) is 3.12. The third kappa shape index (κ3) is 3.72. The van der Waals surface area contributed by atoms with E-state index < -0.39 is 0 Å². The van der Waals surface area contributed by atoms with Crippen molar-refractivity contribution in [2.45, 2.75) is 13.5 Å². The monoisotopic (exact) mass is 349 g/mol. The van der Waals surface area contributed by atoms with E-state index in [0.717, 1.165) is 15.6 Å². The second-order valence-corrected chi connectivity index (χ2v) is 5.47. The number of aromatic nitrogens is 1. The lowest BCUT2D eigenvalue weighted by atomic mass is 10.1. The fourth-order valence-electron chi connectivity index (χ4n) is 1.89. The van der Waals surface area contributed by atoms with Crippen molar-refractivity contribution < 1.29 is 9.53 Å². The van der Waals surface area contributed by atoms with Gasteiger partial charge in [-0.25, -0.2) is 4.98 Å². The number of methoxy groups -OCH3 is 1. The first-order valence-electron chi connectivity index (χ1n) is 6.34. The molecule has 0 radical (unpaired) electrons. The van der Waals surface area contributed by atoms with E-state index in [2.05, 4.69) is 26.2 Å². The molecule has 110 valence electrons. The number of nitrogens with one attached hydrogen (secondary N) is 1. The molecular weight excluding hydrogens is 334 g/mol. The molecule has 2 rings (SSSR count). The van der Waals surface area contributed by atoms with Gasteiger partial charge >= 0.3 is 0 Å². The van der Waals surface area contributed by atoms with Gasteiger partial charge in [0, 0.05) is 34.5 Å². The first-order valence-corrected chi connectivity index (χ1v) is 7.13. The average Bonchev–Trinajstić information content (AvgIpc) is 2.48. The SMILES string of the molecule is COc1cc(CNC(=O)c2cc(Br)cc(N)c2C)ccn1. The highest BCUT2D eigenvalue weighted by molar-refractivity contribution is 9.10. The van der Waals surface area contributed by atoms with Crippen LogP contribution in [0.5, 0.6) is 5.88 Å². The Morgan fingerprint density at radius 1 is 1.43 bits per heavy atom.